The van der Waals surface area contributed by atoms with Crippen molar-refractivity contribution in [3.05, 3.63) is 18.0 Å². The number of nitrogens with one attached hydrogen (secondary N) is 1. The van der Waals surface area contributed by atoms with Crippen LogP contribution in [0.4, 0.5) is 5.82 Å². The first-order valence-corrected chi connectivity index (χ1v) is 9.10. The van der Waals surface area contributed by atoms with Crippen LogP contribution >= 0.6 is 0 Å². The Bertz CT molecular complexity index is 716. The lowest BCUT2D eigenvalue weighted by molar-refractivity contribution is -0.0814. The lowest BCUT2D eigenvalue weighted by Gasteiger charge is -2.40. The maximum absolute atomic E-state index is 6.07. The molecule has 24 heavy (non-hydrogen) atoms. The van der Waals surface area contributed by atoms with Crippen LogP contribution in [0.15, 0.2) is 12.1 Å². The minimum atomic E-state index is 0.164. The molecular weight excluding hydrogens is 302 g/mol. The summed E-state index contributed by atoms with van der Waals surface area (Å²) in [6, 6.07) is 3.99. The van der Waals surface area contributed by atoms with Gasteiger partial charge >= 0.3 is 0 Å². The summed E-state index contributed by atoms with van der Waals surface area (Å²) in [5, 5.41) is 16.7. The van der Waals surface area contributed by atoms with Crippen molar-refractivity contribution in [2.75, 3.05) is 18.5 Å². The maximum Gasteiger partial charge on any atom is 0.178 e. The van der Waals surface area contributed by atoms with Gasteiger partial charge in [-0.25, -0.2) is 0 Å². The van der Waals surface area contributed by atoms with E-state index in [1.165, 1.54) is 19.3 Å². The fourth-order valence-corrected chi connectivity index (χ4v) is 3.74. The highest BCUT2D eigenvalue weighted by Crippen LogP contribution is 2.38. The molecule has 1 aliphatic heterocycles. The summed E-state index contributed by atoms with van der Waals surface area (Å²) in [6.07, 6.45) is 5.04. The molecule has 0 spiro atoms. The number of hydrogen-bond donors (Lipinski definition) is 1. The molecular formula is C18H27N5O. The fraction of sp³-hybridized carbons (Fsp3) is 0.722. The summed E-state index contributed by atoms with van der Waals surface area (Å²) in [5.41, 5.74) is 0.994. The number of anilines is 1. The van der Waals surface area contributed by atoms with Gasteiger partial charge in [-0.3, -0.25) is 0 Å². The number of aromatic nitrogens is 4. The second kappa shape index (κ2) is 5.99. The zero-order chi connectivity index (χ0) is 16.7. The third kappa shape index (κ3) is 3.11. The van der Waals surface area contributed by atoms with Crippen molar-refractivity contribution in [1.29, 1.82) is 0 Å². The van der Waals surface area contributed by atoms with E-state index < -0.39 is 0 Å². The predicted molar refractivity (Wildman–Crippen MR) is 93.2 cm³/mol. The molecule has 0 radical (unpaired) electrons. The van der Waals surface area contributed by atoms with Gasteiger partial charge in [0.2, 0.25) is 0 Å². The van der Waals surface area contributed by atoms with E-state index in [2.05, 4.69) is 36.3 Å². The van der Waals surface area contributed by atoms with E-state index in [0.717, 1.165) is 36.9 Å². The zero-order valence-electron chi connectivity index (χ0n) is 14.8. The summed E-state index contributed by atoms with van der Waals surface area (Å²) in [5.74, 6) is 2.95. The standard InChI is InChI=1S/C18H27N5O/c1-18(2,3)16-13(5-4-10-24-16)11-19-14-8-9-15-20-21-17(12-6-7-12)23(15)22-14/h8-9,12-13,16H,4-7,10-11H2,1-3H3,(H,19,22)/t13-,16+/m1/s1. The molecule has 0 unspecified atom stereocenters. The van der Waals surface area contributed by atoms with E-state index in [1.54, 1.807) is 0 Å². The Morgan fingerprint density at radius 2 is 2.04 bits per heavy atom. The van der Waals surface area contributed by atoms with Crippen molar-refractivity contribution in [3.8, 4) is 0 Å². The number of hydrogen-bond acceptors (Lipinski definition) is 5. The van der Waals surface area contributed by atoms with Crippen molar-refractivity contribution in [1.82, 2.24) is 19.8 Å². The first-order chi connectivity index (χ1) is 11.5. The number of ether oxygens (including phenoxy) is 1. The van der Waals surface area contributed by atoms with Crippen LogP contribution in [-0.2, 0) is 4.74 Å². The number of fused-ring (bicyclic) bond motifs is 1. The quantitative estimate of drug-likeness (QED) is 0.933. The molecule has 0 amide bonds. The largest absolute Gasteiger partial charge is 0.377 e. The van der Waals surface area contributed by atoms with E-state index in [0.29, 0.717) is 17.9 Å². The second-order valence-corrected chi connectivity index (χ2v) is 8.26. The zero-order valence-corrected chi connectivity index (χ0v) is 14.8. The number of nitrogens with zero attached hydrogens (tertiary/aromatic N) is 4. The van der Waals surface area contributed by atoms with E-state index in [1.807, 2.05) is 16.6 Å². The first kappa shape index (κ1) is 15.8. The van der Waals surface area contributed by atoms with Crippen molar-refractivity contribution >= 4 is 11.5 Å². The van der Waals surface area contributed by atoms with Gasteiger partial charge in [0.1, 0.15) is 5.82 Å². The molecule has 0 aromatic carbocycles. The molecule has 6 nitrogen and oxygen atoms in total. The molecule has 1 saturated heterocycles. The lowest BCUT2D eigenvalue weighted by atomic mass is 9.78. The molecule has 130 valence electrons. The molecule has 4 rings (SSSR count). The summed E-state index contributed by atoms with van der Waals surface area (Å²) in [7, 11) is 0. The average molecular weight is 329 g/mol. The minimum Gasteiger partial charge on any atom is -0.377 e. The van der Waals surface area contributed by atoms with Gasteiger partial charge < -0.3 is 10.1 Å². The summed E-state index contributed by atoms with van der Waals surface area (Å²) >= 11 is 0. The van der Waals surface area contributed by atoms with E-state index in [9.17, 15) is 0 Å². The van der Waals surface area contributed by atoms with Gasteiger partial charge in [0.25, 0.3) is 0 Å². The molecule has 3 heterocycles. The van der Waals surface area contributed by atoms with Crippen LogP contribution in [0, 0.1) is 11.3 Å². The smallest absolute Gasteiger partial charge is 0.178 e. The molecule has 0 bridgehead atoms. The van der Waals surface area contributed by atoms with E-state index in [-0.39, 0.29) is 5.41 Å². The van der Waals surface area contributed by atoms with Gasteiger partial charge in [0, 0.05) is 25.0 Å². The van der Waals surface area contributed by atoms with Crippen molar-refractivity contribution in [2.45, 2.75) is 58.5 Å². The Morgan fingerprint density at radius 3 is 2.79 bits per heavy atom. The topological polar surface area (TPSA) is 64.3 Å². The summed E-state index contributed by atoms with van der Waals surface area (Å²) in [4.78, 5) is 0. The van der Waals surface area contributed by atoms with Gasteiger partial charge in [-0.05, 0) is 43.2 Å². The van der Waals surface area contributed by atoms with Crippen molar-refractivity contribution in [2.24, 2.45) is 11.3 Å². The molecule has 2 atom stereocenters. The van der Waals surface area contributed by atoms with Crippen molar-refractivity contribution < 1.29 is 4.74 Å². The van der Waals surface area contributed by atoms with Gasteiger partial charge in [-0.2, -0.15) is 4.52 Å². The third-order valence-corrected chi connectivity index (χ3v) is 5.07. The van der Waals surface area contributed by atoms with Gasteiger partial charge in [-0.1, -0.05) is 20.8 Å². The normalized spacial score (nSPS) is 25.1. The third-order valence-electron chi connectivity index (χ3n) is 5.07. The summed E-state index contributed by atoms with van der Waals surface area (Å²) < 4.78 is 7.98. The average Bonchev–Trinajstić information content (AvgIpc) is 3.32. The Kier molecular flexibility index (Phi) is 3.95. The highest BCUT2D eigenvalue weighted by atomic mass is 16.5. The minimum absolute atomic E-state index is 0.164. The lowest BCUT2D eigenvalue weighted by Crippen LogP contribution is -2.42. The SMILES string of the molecule is CC(C)(C)[C@H]1OCCC[C@@H]1CNc1ccc2nnc(C3CC3)n2n1. The van der Waals surface area contributed by atoms with Crippen LogP contribution in [0.5, 0.6) is 0 Å². The molecule has 1 aliphatic carbocycles. The van der Waals surface area contributed by atoms with Crippen molar-refractivity contribution in [3.63, 3.8) is 0 Å². The van der Waals surface area contributed by atoms with Crippen LogP contribution < -0.4 is 5.32 Å². The molecule has 2 aromatic rings. The maximum atomic E-state index is 6.07. The Balaban J connectivity index is 1.48. The highest BCUT2D eigenvalue weighted by Gasteiger charge is 2.35. The van der Waals surface area contributed by atoms with Gasteiger partial charge in [0.15, 0.2) is 11.5 Å². The predicted octanol–water partition coefficient (Wildman–Crippen LogP) is 3.25. The molecule has 2 aliphatic rings. The van der Waals surface area contributed by atoms with Crippen LogP contribution in [0.1, 0.15) is 58.2 Å². The van der Waals surface area contributed by atoms with Crippen LogP contribution in [0.25, 0.3) is 5.65 Å². The molecule has 6 heteroatoms. The van der Waals surface area contributed by atoms with Crippen LogP contribution in [0.2, 0.25) is 0 Å². The van der Waals surface area contributed by atoms with Crippen LogP contribution in [0.3, 0.4) is 0 Å². The molecule has 2 aromatic heterocycles. The Hall–Kier alpha value is -1.69. The monoisotopic (exact) mass is 329 g/mol. The summed E-state index contributed by atoms with van der Waals surface area (Å²) in [6.45, 7) is 8.56. The molecule has 1 N–H and O–H groups in total. The van der Waals surface area contributed by atoms with E-state index in [4.69, 9.17) is 9.84 Å². The molecule has 1 saturated carbocycles. The Labute approximate surface area is 143 Å². The molecule has 2 fully saturated rings. The van der Waals surface area contributed by atoms with Gasteiger partial charge in [-0.15, -0.1) is 15.3 Å². The van der Waals surface area contributed by atoms with Gasteiger partial charge in [0.05, 0.1) is 6.10 Å². The van der Waals surface area contributed by atoms with Crippen LogP contribution in [-0.4, -0.2) is 39.1 Å². The fourth-order valence-electron chi connectivity index (χ4n) is 3.74. The second-order valence-electron chi connectivity index (χ2n) is 8.26. The Morgan fingerprint density at radius 1 is 1.21 bits per heavy atom. The number of rotatable bonds is 4. The van der Waals surface area contributed by atoms with E-state index >= 15 is 0 Å². The highest BCUT2D eigenvalue weighted by molar-refractivity contribution is 5.44. The first-order valence-electron chi connectivity index (χ1n) is 9.10.